The molecule has 1 rings (SSSR count). The number of amides is 1. The molecule has 0 saturated carbocycles. The lowest BCUT2D eigenvalue weighted by Crippen LogP contribution is -2.26. The van der Waals surface area contributed by atoms with Crippen molar-refractivity contribution in [3.05, 3.63) is 29.6 Å². The largest absolute Gasteiger partial charge is 0.372 e. The molecule has 4 nitrogen and oxygen atoms in total. The monoisotopic (exact) mass is 281 g/mol. The van der Waals surface area contributed by atoms with Crippen molar-refractivity contribution in [1.82, 2.24) is 10.6 Å². The summed E-state index contributed by atoms with van der Waals surface area (Å²) in [5.41, 5.74) is 1.45. The minimum absolute atomic E-state index is 0.0438. The van der Waals surface area contributed by atoms with E-state index in [4.69, 9.17) is 0 Å². The van der Waals surface area contributed by atoms with Crippen LogP contribution in [0.2, 0.25) is 0 Å². The van der Waals surface area contributed by atoms with Gasteiger partial charge in [0.25, 0.3) is 0 Å². The quantitative estimate of drug-likeness (QED) is 0.715. The minimum atomic E-state index is -0.250. The van der Waals surface area contributed by atoms with Crippen LogP contribution >= 0.6 is 0 Å². The fourth-order valence-electron chi connectivity index (χ4n) is 1.89. The lowest BCUT2D eigenvalue weighted by atomic mass is 10.1. The molecule has 0 bridgehead atoms. The van der Waals surface area contributed by atoms with Gasteiger partial charge in [0.1, 0.15) is 5.82 Å². The van der Waals surface area contributed by atoms with E-state index in [1.807, 2.05) is 6.07 Å². The molecule has 1 aromatic rings. The first-order valence-electron chi connectivity index (χ1n) is 6.99. The van der Waals surface area contributed by atoms with Gasteiger partial charge in [0.05, 0.1) is 5.69 Å². The van der Waals surface area contributed by atoms with Crippen molar-refractivity contribution >= 4 is 11.6 Å². The zero-order valence-corrected chi connectivity index (χ0v) is 12.5. The molecule has 0 aliphatic carbocycles. The summed E-state index contributed by atoms with van der Waals surface area (Å²) in [6, 6.07) is 5.23. The summed E-state index contributed by atoms with van der Waals surface area (Å²) in [5, 5.41) is 5.80. The van der Waals surface area contributed by atoms with Gasteiger partial charge in [0.2, 0.25) is 5.91 Å². The third-order valence-electron chi connectivity index (χ3n) is 3.13. The van der Waals surface area contributed by atoms with Crippen molar-refractivity contribution < 1.29 is 9.18 Å². The van der Waals surface area contributed by atoms with Gasteiger partial charge < -0.3 is 15.5 Å². The highest BCUT2D eigenvalue weighted by atomic mass is 19.1. The van der Waals surface area contributed by atoms with Crippen LogP contribution in [0.3, 0.4) is 0 Å². The highest BCUT2D eigenvalue weighted by Gasteiger charge is 2.09. The van der Waals surface area contributed by atoms with E-state index in [9.17, 15) is 9.18 Å². The molecule has 0 atom stereocenters. The summed E-state index contributed by atoms with van der Waals surface area (Å²) < 4.78 is 14.0. The van der Waals surface area contributed by atoms with Gasteiger partial charge in [-0.3, -0.25) is 4.79 Å². The van der Waals surface area contributed by atoms with E-state index in [-0.39, 0.29) is 11.7 Å². The van der Waals surface area contributed by atoms with E-state index in [0.717, 1.165) is 18.5 Å². The Morgan fingerprint density at radius 2 is 2.15 bits per heavy atom. The zero-order valence-electron chi connectivity index (χ0n) is 12.5. The summed E-state index contributed by atoms with van der Waals surface area (Å²) in [6.07, 6.45) is 1.41. The lowest BCUT2D eigenvalue weighted by Gasteiger charge is -2.20. The molecule has 1 aromatic carbocycles. The maximum atomic E-state index is 14.0. The van der Waals surface area contributed by atoms with E-state index in [2.05, 4.69) is 17.6 Å². The second-order valence-corrected chi connectivity index (χ2v) is 4.81. The molecule has 2 N–H and O–H groups in total. The Bertz CT molecular complexity index is 437. The van der Waals surface area contributed by atoms with Crippen molar-refractivity contribution in [3.8, 4) is 0 Å². The number of carbonyl (C=O) groups excluding carboxylic acids is 1. The molecule has 1 amide bonds. The molecule has 0 heterocycles. The molecule has 112 valence electrons. The van der Waals surface area contributed by atoms with Gasteiger partial charge in [-0.05, 0) is 30.7 Å². The van der Waals surface area contributed by atoms with Gasteiger partial charge in [-0.1, -0.05) is 13.0 Å². The summed E-state index contributed by atoms with van der Waals surface area (Å²) in [5.74, 6) is -0.294. The fourth-order valence-corrected chi connectivity index (χ4v) is 1.89. The van der Waals surface area contributed by atoms with Crippen molar-refractivity contribution in [1.29, 1.82) is 0 Å². The Morgan fingerprint density at radius 1 is 1.40 bits per heavy atom. The first-order chi connectivity index (χ1) is 9.58. The lowest BCUT2D eigenvalue weighted by molar-refractivity contribution is -0.120. The number of halogens is 1. The predicted octanol–water partition coefficient (Wildman–Crippen LogP) is 1.90. The number of anilines is 1. The highest BCUT2D eigenvalue weighted by molar-refractivity contribution is 5.76. The van der Waals surface area contributed by atoms with Gasteiger partial charge in [0, 0.05) is 33.6 Å². The van der Waals surface area contributed by atoms with Crippen LogP contribution < -0.4 is 15.5 Å². The Labute approximate surface area is 120 Å². The number of nitrogens with one attached hydrogen (secondary N) is 2. The normalized spacial score (nSPS) is 10.4. The van der Waals surface area contributed by atoms with Crippen molar-refractivity contribution in [3.63, 3.8) is 0 Å². The van der Waals surface area contributed by atoms with Gasteiger partial charge in [-0.15, -0.1) is 0 Å². The second-order valence-electron chi connectivity index (χ2n) is 4.81. The average molecular weight is 281 g/mol. The van der Waals surface area contributed by atoms with Crippen LogP contribution in [-0.4, -0.2) is 33.1 Å². The second kappa shape index (κ2) is 8.53. The molecule has 0 aliphatic heterocycles. The molecule has 0 fully saturated rings. The van der Waals surface area contributed by atoms with Crippen LogP contribution in [0.1, 0.15) is 25.3 Å². The zero-order chi connectivity index (χ0) is 15.0. The molecular weight excluding hydrogens is 257 g/mol. The highest BCUT2D eigenvalue weighted by Crippen LogP contribution is 2.19. The molecule has 5 heteroatoms. The Hall–Kier alpha value is -1.62. The molecule has 20 heavy (non-hydrogen) atoms. The molecule has 0 aliphatic rings. The SMILES string of the molecule is CCCNCc1ccc(N(C)CCC(=O)NC)c(F)c1. The third kappa shape index (κ3) is 5.17. The van der Waals surface area contributed by atoms with Crippen LogP contribution in [0.25, 0.3) is 0 Å². The Morgan fingerprint density at radius 3 is 2.75 bits per heavy atom. The van der Waals surface area contributed by atoms with Crippen LogP contribution in [-0.2, 0) is 11.3 Å². The number of benzene rings is 1. The number of carbonyl (C=O) groups is 1. The topological polar surface area (TPSA) is 44.4 Å². The first kappa shape index (κ1) is 16.4. The van der Waals surface area contributed by atoms with Crippen molar-refractivity contribution in [2.45, 2.75) is 26.3 Å². The fraction of sp³-hybridized carbons (Fsp3) is 0.533. The first-order valence-corrected chi connectivity index (χ1v) is 6.99. The van der Waals surface area contributed by atoms with Crippen molar-refractivity contribution in [2.75, 3.05) is 32.1 Å². The smallest absolute Gasteiger partial charge is 0.221 e. The van der Waals surface area contributed by atoms with E-state index in [1.54, 1.807) is 31.1 Å². The van der Waals surface area contributed by atoms with Gasteiger partial charge in [0.15, 0.2) is 0 Å². The average Bonchev–Trinajstić information content (AvgIpc) is 2.44. The third-order valence-corrected chi connectivity index (χ3v) is 3.13. The summed E-state index contributed by atoms with van der Waals surface area (Å²) >= 11 is 0. The summed E-state index contributed by atoms with van der Waals surface area (Å²) in [7, 11) is 3.39. The van der Waals surface area contributed by atoms with Crippen LogP contribution in [0, 0.1) is 5.82 Å². The maximum Gasteiger partial charge on any atom is 0.221 e. The Balaban J connectivity index is 2.60. The number of hydrogen-bond donors (Lipinski definition) is 2. The van der Waals surface area contributed by atoms with Gasteiger partial charge in [-0.2, -0.15) is 0 Å². The predicted molar refractivity (Wildman–Crippen MR) is 80.4 cm³/mol. The van der Waals surface area contributed by atoms with E-state index in [0.29, 0.717) is 25.2 Å². The molecule has 0 unspecified atom stereocenters. The Kier molecular flexibility index (Phi) is 7.01. The molecule has 0 saturated heterocycles. The molecule has 0 aromatic heterocycles. The van der Waals surface area contributed by atoms with Crippen molar-refractivity contribution in [2.24, 2.45) is 0 Å². The number of rotatable bonds is 8. The van der Waals surface area contributed by atoms with Crippen LogP contribution in [0.4, 0.5) is 10.1 Å². The molecular formula is C15H24FN3O. The van der Waals surface area contributed by atoms with Gasteiger partial charge >= 0.3 is 0 Å². The standard InChI is InChI=1S/C15H24FN3O/c1-4-8-18-11-12-5-6-14(13(16)10-12)19(3)9-7-15(20)17-2/h5-6,10,18H,4,7-9,11H2,1-3H3,(H,17,20). The van der Waals surface area contributed by atoms with E-state index >= 15 is 0 Å². The molecule has 0 spiro atoms. The maximum absolute atomic E-state index is 14.0. The van der Waals surface area contributed by atoms with E-state index in [1.165, 1.54) is 0 Å². The minimum Gasteiger partial charge on any atom is -0.372 e. The number of nitrogens with zero attached hydrogens (tertiary/aromatic N) is 1. The van der Waals surface area contributed by atoms with Gasteiger partial charge in [-0.25, -0.2) is 4.39 Å². The van der Waals surface area contributed by atoms with Crippen LogP contribution in [0.5, 0.6) is 0 Å². The summed E-state index contributed by atoms with van der Waals surface area (Å²) in [4.78, 5) is 13.0. The molecule has 0 radical (unpaired) electrons. The summed E-state index contributed by atoms with van der Waals surface area (Å²) in [6.45, 7) is 4.19. The number of hydrogen-bond acceptors (Lipinski definition) is 3. The van der Waals surface area contributed by atoms with Crippen LogP contribution in [0.15, 0.2) is 18.2 Å². The van der Waals surface area contributed by atoms with E-state index < -0.39 is 0 Å².